The average Bonchev–Trinajstić information content (AvgIpc) is 2.44. The molecule has 0 radical (unpaired) electrons. The number of hydrogen-bond donors (Lipinski definition) is 3. The molecule has 22 heavy (non-hydrogen) atoms. The summed E-state index contributed by atoms with van der Waals surface area (Å²) in [5.74, 6) is -4.73. The second kappa shape index (κ2) is 11.0. The van der Waals surface area contributed by atoms with E-state index in [1.165, 1.54) is 19.3 Å². The fourth-order valence-corrected chi connectivity index (χ4v) is 2.19. The molecule has 0 aliphatic carbocycles. The van der Waals surface area contributed by atoms with E-state index in [0.717, 1.165) is 19.3 Å². The topological polar surface area (TPSA) is 121 Å². The highest BCUT2D eigenvalue weighted by Gasteiger charge is 2.48. The molecule has 0 bridgehead atoms. The van der Waals surface area contributed by atoms with Crippen molar-refractivity contribution in [3.8, 4) is 0 Å². The summed E-state index contributed by atoms with van der Waals surface area (Å²) in [5.41, 5.74) is -2.47. The summed E-state index contributed by atoms with van der Waals surface area (Å²) in [4.78, 5) is 32.9. The Bertz CT molecular complexity index is 351. The van der Waals surface area contributed by atoms with Gasteiger partial charge in [-0.1, -0.05) is 51.9 Å². The van der Waals surface area contributed by atoms with Crippen LogP contribution in [0.1, 0.15) is 64.7 Å². The van der Waals surface area contributed by atoms with Gasteiger partial charge in [-0.3, -0.25) is 0 Å². The minimum Gasteiger partial charge on any atom is -0.480 e. The summed E-state index contributed by atoms with van der Waals surface area (Å²) < 4.78 is 4.68. The van der Waals surface area contributed by atoms with Crippen molar-refractivity contribution in [1.29, 1.82) is 0 Å². The van der Waals surface area contributed by atoms with Crippen molar-refractivity contribution < 1.29 is 34.4 Å². The van der Waals surface area contributed by atoms with Gasteiger partial charge in [0.05, 0.1) is 0 Å². The van der Waals surface area contributed by atoms with Crippen LogP contribution < -0.4 is 0 Å². The molecule has 0 aliphatic heterocycles. The Morgan fingerprint density at radius 2 is 1.27 bits per heavy atom. The van der Waals surface area contributed by atoms with E-state index in [1.807, 2.05) is 0 Å². The predicted octanol–water partition coefficient (Wildman–Crippen LogP) is 2.53. The number of aliphatic carboxylic acids is 3. The zero-order chi connectivity index (χ0) is 17.0. The van der Waals surface area contributed by atoms with E-state index in [0.29, 0.717) is 12.8 Å². The maximum Gasteiger partial charge on any atom is 0.347 e. The van der Waals surface area contributed by atoms with Crippen molar-refractivity contribution >= 4 is 17.9 Å². The molecule has 0 atom stereocenters. The van der Waals surface area contributed by atoms with E-state index in [-0.39, 0.29) is 6.42 Å². The Morgan fingerprint density at radius 1 is 0.818 bits per heavy atom. The first-order chi connectivity index (χ1) is 10.4. The van der Waals surface area contributed by atoms with Gasteiger partial charge in [0, 0.05) is 0 Å². The SMILES string of the molecule is CCCCCCCCCCC(OCC(=O)O)(C(=O)O)C(=O)O. The minimum absolute atomic E-state index is 0.236. The molecule has 0 aromatic carbocycles. The van der Waals surface area contributed by atoms with Crippen LogP contribution in [0.2, 0.25) is 0 Å². The molecular formula is C15H26O7. The normalized spacial score (nSPS) is 11.3. The van der Waals surface area contributed by atoms with Crippen molar-refractivity contribution in [2.24, 2.45) is 0 Å². The lowest BCUT2D eigenvalue weighted by atomic mass is 9.95. The monoisotopic (exact) mass is 318 g/mol. The summed E-state index contributed by atoms with van der Waals surface area (Å²) in [6.45, 7) is 1.18. The summed E-state index contributed by atoms with van der Waals surface area (Å²) in [7, 11) is 0. The molecule has 0 heterocycles. The molecule has 3 N–H and O–H groups in total. The molecule has 128 valence electrons. The average molecular weight is 318 g/mol. The Morgan fingerprint density at radius 3 is 1.68 bits per heavy atom. The highest BCUT2D eigenvalue weighted by molar-refractivity contribution is 6.02. The maximum absolute atomic E-state index is 11.2. The fourth-order valence-electron chi connectivity index (χ4n) is 2.19. The van der Waals surface area contributed by atoms with Gasteiger partial charge < -0.3 is 20.1 Å². The molecule has 0 saturated heterocycles. The van der Waals surface area contributed by atoms with E-state index in [2.05, 4.69) is 11.7 Å². The van der Waals surface area contributed by atoms with E-state index in [4.69, 9.17) is 15.3 Å². The molecule has 0 amide bonds. The van der Waals surface area contributed by atoms with Gasteiger partial charge in [0.25, 0.3) is 5.60 Å². The molecule has 0 spiro atoms. The largest absolute Gasteiger partial charge is 0.480 e. The van der Waals surface area contributed by atoms with Crippen LogP contribution in [-0.2, 0) is 19.1 Å². The summed E-state index contributed by atoms with van der Waals surface area (Å²) in [6.07, 6.45) is 7.42. The van der Waals surface area contributed by atoms with E-state index in [1.54, 1.807) is 0 Å². The lowest BCUT2D eigenvalue weighted by molar-refractivity contribution is -0.187. The number of rotatable bonds is 14. The summed E-state index contributed by atoms with van der Waals surface area (Å²) in [6, 6.07) is 0. The molecule has 0 fully saturated rings. The molecular weight excluding hydrogens is 292 g/mol. The highest BCUT2D eigenvalue weighted by Crippen LogP contribution is 2.22. The van der Waals surface area contributed by atoms with Gasteiger partial charge in [-0.2, -0.15) is 0 Å². The van der Waals surface area contributed by atoms with E-state index < -0.39 is 30.1 Å². The lowest BCUT2D eigenvalue weighted by Crippen LogP contribution is -2.50. The zero-order valence-electron chi connectivity index (χ0n) is 13.0. The number of carboxylic acid groups (broad SMARTS) is 3. The number of carbonyl (C=O) groups is 3. The molecule has 0 aromatic heterocycles. The Labute approximate surface area is 130 Å². The van der Waals surface area contributed by atoms with Crippen molar-refractivity contribution in [2.75, 3.05) is 6.61 Å². The molecule has 0 aliphatic rings. The summed E-state index contributed by atoms with van der Waals surface area (Å²) >= 11 is 0. The van der Waals surface area contributed by atoms with Gasteiger partial charge in [0.15, 0.2) is 0 Å². The van der Waals surface area contributed by atoms with E-state index in [9.17, 15) is 14.4 Å². The third-order valence-corrected chi connectivity index (χ3v) is 3.52. The van der Waals surface area contributed by atoms with Crippen LogP contribution in [0.5, 0.6) is 0 Å². The fraction of sp³-hybridized carbons (Fsp3) is 0.800. The van der Waals surface area contributed by atoms with E-state index >= 15 is 0 Å². The van der Waals surface area contributed by atoms with Gasteiger partial charge in [-0.15, -0.1) is 0 Å². The van der Waals surface area contributed by atoms with Crippen molar-refractivity contribution in [2.45, 2.75) is 70.3 Å². The molecule has 0 saturated carbocycles. The number of unbranched alkanes of at least 4 members (excludes halogenated alkanes) is 7. The molecule has 0 unspecified atom stereocenters. The van der Waals surface area contributed by atoms with Gasteiger partial charge in [-0.05, 0) is 12.8 Å². The Hall–Kier alpha value is -1.63. The van der Waals surface area contributed by atoms with Gasteiger partial charge in [0.1, 0.15) is 6.61 Å². The van der Waals surface area contributed by atoms with Crippen LogP contribution in [-0.4, -0.2) is 45.4 Å². The van der Waals surface area contributed by atoms with Crippen LogP contribution in [0.15, 0.2) is 0 Å². The molecule has 0 rings (SSSR count). The van der Waals surface area contributed by atoms with Crippen LogP contribution in [0.4, 0.5) is 0 Å². The Kier molecular flexibility index (Phi) is 10.2. The van der Waals surface area contributed by atoms with Gasteiger partial charge >= 0.3 is 17.9 Å². The molecule has 0 aromatic rings. The van der Waals surface area contributed by atoms with Crippen LogP contribution in [0.25, 0.3) is 0 Å². The number of ether oxygens (including phenoxy) is 1. The Balaban J connectivity index is 4.27. The highest BCUT2D eigenvalue weighted by atomic mass is 16.6. The van der Waals surface area contributed by atoms with Crippen molar-refractivity contribution in [1.82, 2.24) is 0 Å². The quantitative estimate of drug-likeness (QED) is 0.332. The number of carboxylic acids is 3. The zero-order valence-corrected chi connectivity index (χ0v) is 13.0. The lowest BCUT2D eigenvalue weighted by Gasteiger charge is -2.24. The van der Waals surface area contributed by atoms with Crippen LogP contribution >= 0.6 is 0 Å². The smallest absolute Gasteiger partial charge is 0.347 e. The third kappa shape index (κ3) is 7.40. The minimum atomic E-state index is -2.47. The van der Waals surface area contributed by atoms with Crippen LogP contribution in [0.3, 0.4) is 0 Å². The van der Waals surface area contributed by atoms with Crippen molar-refractivity contribution in [3.05, 3.63) is 0 Å². The molecule has 7 heteroatoms. The van der Waals surface area contributed by atoms with Crippen molar-refractivity contribution in [3.63, 3.8) is 0 Å². The first-order valence-corrected chi connectivity index (χ1v) is 7.69. The number of hydrogen-bond acceptors (Lipinski definition) is 4. The standard InChI is InChI=1S/C15H26O7/c1-2-3-4-5-6-7-8-9-10-15(13(18)19,14(20)21)22-11-12(16)17/h2-11H2,1H3,(H,16,17)(H,18,19)(H,20,21). The summed E-state index contributed by atoms with van der Waals surface area (Å²) in [5, 5.41) is 26.8. The van der Waals surface area contributed by atoms with Crippen LogP contribution in [0, 0.1) is 0 Å². The first kappa shape index (κ1) is 20.4. The molecule has 7 nitrogen and oxygen atoms in total. The van der Waals surface area contributed by atoms with Gasteiger partial charge in [0.2, 0.25) is 0 Å². The second-order valence-electron chi connectivity index (χ2n) is 5.34. The second-order valence-corrected chi connectivity index (χ2v) is 5.34. The predicted molar refractivity (Wildman–Crippen MR) is 78.8 cm³/mol. The van der Waals surface area contributed by atoms with Gasteiger partial charge in [-0.25, -0.2) is 14.4 Å². The third-order valence-electron chi connectivity index (χ3n) is 3.52. The first-order valence-electron chi connectivity index (χ1n) is 7.69. The maximum atomic E-state index is 11.2.